The van der Waals surface area contributed by atoms with Crippen molar-refractivity contribution in [2.75, 3.05) is 0 Å². The van der Waals surface area contributed by atoms with Crippen LogP contribution in [0.25, 0.3) is 0 Å². The largest absolute Gasteiger partial charge is 0.762 e. The first-order chi connectivity index (χ1) is 9.94. The molecule has 5 nitrogen and oxygen atoms in total. The molecule has 0 rings (SSSR count). The molecular weight excluding hydrogens is 415 g/mol. The summed E-state index contributed by atoms with van der Waals surface area (Å²) in [4.78, 5) is 0. The first-order valence-corrected chi connectivity index (χ1v) is 7.24. The number of hydrogen-bond donors (Lipinski definition) is 1. The molecule has 0 saturated heterocycles. The van der Waals surface area contributed by atoms with Crippen LogP contribution in [-0.2, 0) is 20.0 Å². The smallest absolute Gasteiger partial charge is 0.269 e. The van der Waals surface area contributed by atoms with Crippen molar-refractivity contribution in [2.24, 2.45) is 0 Å². The number of hydrogen-bond acceptors (Lipinski definition) is 4. The van der Waals surface area contributed by atoms with Crippen LogP contribution in [0.3, 0.4) is 0 Å². The van der Waals surface area contributed by atoms with Gasteiger partial charge in [-0.2, -0.15) is 26.3 Å². The first kappa shape index (κ1) is 34.1. The van der Waals surface area contributed by atoms with E-state index >= 15 is 0 Å². The maximum Gasteiger partial charge on any atom is 0.762 e. The number of rotatable bonds is 2. The van der Waals surface area contributed by atoms with Crippen molar-refractivity contribution in [1.29, 1.82) is 0 Å². The Hall–Kier alpha value is -1.30. The van der Waals surface area contributed by atoms with E-state index in [0.717, 1.165) is 0 Å². The minimum atomic E-state index is -6.60. The Labute approximate surface area is 130 Å². The molecule has 0 aliphatic carbocycles. The molecule has 0 heterocycles. The van der Waals surface area contributed by atoms with Crippen LogP contribution in [0.2, 0.25) is 0 Å². The lowest BCUT2D eigenvalue weighted by Crippen LogP contribution is -2.45. The van der Waals surface area contributed by atoms with E-state index in [4.69, 9.17) is 0 Å². The third-order valence-electron chi connectivity index (χ3n) is 0.829. The molecule has 0 aliphatic rings. The number of halogens is 10. The van der Waals surface area contributed by atoms with E-state index in [-0.39, 0.29) is 4.70 Å². The summed E-state index contributed by atoms with van der Waals surface area (Å²) >= 11 is 0. The van der Waals surface area contributed by atoms with Gasteiger partial charge < -0.3 is 0 Å². The van der Waals surface area contributed by atoms with Gasteiger partial charge in [0.1, 0.15) is 0 Å². The summed E-state index contributed by atoms with van der Waals surface area (Å²) in [6.45, 7) is 12.0. The second-order valence-corrected chi connectivity index (χ2v) is 5.84. The molecule has 0 amide bonds. The van der Waals surface area contributed by atoms with Crippen molar-refractivity contribution >= 4 is 27.6 Å². The van der Waals surface area contributed by atoms with Crippen molar-refractivity contribution in [3.05, 3.63) is 26.3 Å². The van der Waals surface area contributed by atoms with Crippen LogP contribution in [0.1, 0.15) is 0 Å². The fraction of sp³-hybridized carbons (Fsp3) is 0.333. The van der Waals surface area contributed by atoms with Crippen molar-refractivity contribution in [2.45, 2.75) is 11.0 Å². The predicted octanol–water partition coefficient (Wildman–Crippen LogP) is 2.91. The van der Waals surface area contributed by atoms with Crippen molar-refractivity contribution in [3.63, 3.8) is 0 Å². The molecule has 0 aromatic carbocycles. The molecule has 0 bridgehead atoms. The Morgan fingerprint density at radius 2 is 0.792 bits per heavy atom. The van der Waals surface area contributed by atoms with Crippen LogP contribution in [-0.4, -0.2) is 35.4 Å². The van der Waals surface area contributed by atoms with Gasteiger partial charge in [0, 0.05) is 0 Å². The van der Waals surface area contributed by atoms with Crippen LogP contribution in [0.4, 0.5) is 44.0 Å². The van der Waals surface area contributed by atoms with E-state index in [1.165, 1.54) is 0 Å². The van der Waals surface area contributed by atoms with Gasteiger partial charge >= 0.3 is 38.6 Å². The van der Waals surface area contributed by atoms with E-state index in [1.807, 2.05) is 0 Å². The number of nitrogens with one attached hydrogen (secondary N) is 1. The highest BCUT2D eigenvalue weighted by Crippen LogP contribution is 2.27. The molecule has 0 aromatic rings. The van der Waals surface area contributed by atoms with Crippen molar-refractivity contribution < 1.29 is 60.8 Å². The van der Waals surface area contributed by atoms with Crippen molar-refractivity contribution in [1.82, 2.24) is 4.13 Å². The molecule has 0 aromatic heterocycles. The van der Waals surface area contributed by atoms with Gasteiger partial charge in [-0.25, -0.2) is 16.8 Å². The molecule has 0 saturated carbocycles. The number of alkyl halides is 6. The first-order valence-electron chi connectivity index (χ1n) is 4.27. The van der Waals surface area contributed by atoms with E-state index in [9.17, 15) is 56.1 Å². The summed E-state index contributed by atoms with van der Waals surface area (Å²) in [6, 6.07) is 0. The van der Waals surface area contributed by atoms with Gasteiger partial charge in [-0.1, -0.05) is 4.13 Å². The van der Waals surface area contributed by atoms with Crippen LogP contribution in [0.5, 0.6) is 0 Å². The molecule has 1 N–H and O–H groups in total. The third-order valence-corrected chi connectivity index (χ3v) is 3.80. The molecule has 0 atom stereocenters. The minimum Gasteiger partial charge on any atom is -0.269 e. The highest BCUT2D eigenvalue weighted by Gasteiger charge is 2.55. The second-order valence-electron chi connectivity index (χ2n) is 2.23. The van der Waals surface area contributed by atoms with Gasteiger partial charge in [-0.3, -0.25) is 17.7 Å². The molecule has 0 fully saturated rings. The predicted molar refractivity (Wildman–Crippen MR) is 67.2 cm³/mol. The van der Waals surface area contributed by atoms with E-state index in [1.54, 1.807) is 0 Å². The van der Waals surface area contributed by atoms with E-state index < -0.39 is 42.7 Å². The minimum absolute atomic E-state index is 0. The average molecular weight is 425 g/mol. The Morgan fingerprint density at radius 3 is 0.875 bits per heavy atom. The van der Waals surface area contributed by atoms with E-state index in [0.29, 0.717) is 0 Å². The zero-order chi connectivity index (χ0) is 20.3. The second kappa shape index (κ2) is 13.0. The summed E-state index contributed by atoms with van der Waals surface area (Å²) in [7, 11) is -16.9. The Morgan fingerprint density at radius 1 is 0.667 bits per heavy atom. The lowest BCUT2D eigenvalue weighted by molar-refractivity contribution is -0.0476. The molecule has 0 spiro atoms. The summed E-state index contributed by atoms with van der Waals surface area (Å²) < 4.78 is 137. The fourth-order valence-corrected chi connectivity index (χ4v) is 2.15. The summed E-state index contributed by atoms with van der Waals surface area (Å²) in [5, 5.41) is 0. The molecule has 0 unspecified atom stereocenters. The van der Waals surface area contributed by atoms with Crippen LogP contribution in [0.15, 0.2) is 26.3 Å². The maximum atomic E-state index is 11.5. The highest BCUT2D eigenvalue weighted by molar-refractivity contribution is 8.05. The molecule has 18 heteroatoms. The molecule has 24 heavy (non-hydrogen) atoms. The normalized spacial score (nSPS) is 11.0. The lowest BCUT2D eigenvalue weighted by atomic mass is 10.5. The van der Waals surface area contributed by atoms with Gasteiger partial charge in [0.2, 0.25) is 0 Å². The molecule has 0 radical (unpaired) electrons. The SMILES string of the molecule is C=C.C=C.F.FB(F)F.O=S(=O)(NS(=O)(=O)C(F)(F)F)C(F)(F)F. The Bertz CT molecular complexity index is 468. The van der Waals surface area contributed by atoms with Gasteiger partial charge in [-0.05, 0) is 0 Å². The zero-order valence-corrected chi connectivity index (χ0v) is 12.8. The summed E-state index contributed by atoms with van der Waals surface area (Å²) in [6.07, 6.45) is 0. The average Bonchev–Trinajstić information content (AvgIpc) is 2.29. The van der Waals surface area contributed by atoms with Crippen LogP contribution >= 0.6 is 0 Å². The Kier molecular flexibility index (Phi) is 18.6. The number of sulfonamides is 2. The van der Waals surface area contributed by atoms with Crippen LogP contribution < -0.4 is 4.13 Å². The van der Waals surface area contributed by atoms with Gasteiger partial charge in [-0.15, -0.1) is 26.3 Å². The van der Waals surface area contributed by atoms with Gasteiger partial charge in [0.25, 0.3) is 0 Å². The quantitative estimate of drug-likeness (QED) is 0.419. The van der Waals surface area contributed by atoms with Crippen molar-refractivity contribution in [3.8, 4) is 0 Å². The summed E-state index contributed by atoms with van der Waals surface area (Å²) in [5.74, 6) is 0. The standard InChI is InChI=1S/C2HF6NO4S2.2C2H4.BF3.FH/c3-1(4,5)14(10,11)9-15(12,13)2(6,7)8;2*1-2;2-1(3)4;/h9H;2*1-2H2;;1H. The monoisotopic (exact) mass is 425 g/mol. The fourth-order valence-electron chi connectivity index (χ4n) is 0.239. The lowest BCUT2D eigenvalue weighted by Gasteiger charge is -2.11. The van der Waals surface area contributed by atoms with Gasteiger partial charge in [0.05, 0.1) is 0 Å². The summed E-state index contributed by atoms with van der Waals surface area (Å²) in [5.41, 5.74) is -12.3. The third kappa shape index (κ3) is 15.6. The molecule has 148 valence electrons. The Balaban J connectivity index is -0.000000114. The molecular formula is C6H10BF10NO4S2. The van der Waals surface area contributed by atoms with Gasteiger partial charge in [0.15, 0.2) is 0 Å². The van der Waals surface area contributed by atoms with Crippen LogP contribution in [0, 0.1) is 0 Å². The van der Waals surface area contributed by atoms with E-state index in [2.05, 4.69) is 26.3 Å². The highest BCUT2D eigenvalue weighted by atomic mass is 32.3. The maximum absolute atomic E-state index is 11.5. The topological polar surface area (TPSA) is 80.3 Å². The molecule has 0 aliphatic heterocycles. The zero-order valence-electron chi connectivity index (χ0n) is 11.2.